The predicted octanol–water partition coefficient (Wildman–Crippen LogP) is 3.69. The summed E-state index contributed by atoms with van der Waals surface area (Å²) >= 11 is 12.1. The molecule has 1 saturated heterocycles. The zero-order chi connectivity index (χ0) is 23.4. The smallest absolute Gasteiger partial charge is 0.335 e. The molecule has 0 saturated carbocycles. The number of ether oxygens (including phenoxy) is 1. The summed E-state index contributed by atoms with van der Waals surface area (Å²) in [5, 5.41) is 12.9. The Morgan fingerprint density at radius 1 is 1.09 bits per heavy atom. The summed E-state index contributed by atoms with van der Waals surface area (Å²) in [6, 6.07) is 9.59. The number of halogens is 2. The van der Waals surface area contributed by atoms with Gasteiger partial charge in [0.1, 0.15) is 5.82 Å². The standard InChI is InChI=1S/C23H24Cl2N4O4/c24-16-3-4-17(18(25)13-16)22(30)26-14-21-27-19-12-15(23(31)32)2-5-20(19)29(21)7-1-6-28-8-10-33-11-9-28/h2-5,12-13H,1,6-11,14H2,(H,26,30)(H,31,32). The largest absolute Gasteiger partial charge is 0.478 e. The first-order valence-corrected chi connectivity index (χ1v) is 11.4. The molecule has 0 radical (unpaired) electrons. The number of rotatable bonds is 8. The predicted molar refractivity (Wildman–Crippen MR) is 126 cm³/mol. The Morgan fingerprint density at radius 2 is 1.88 bits per heavy atom. The highest BCUT2D eigenvalue weighted by atomic mass is 35.5. The maximum atomic E-state index is 12.7. The van der Waals surface area contributed by atoms with Gasteiger partial charge < -0.3 is 19.7 Å². The molecule has 0 atom stereocenters. The van der Waals surface area contributed by atoms with Crippen LogP contribution in [0.15, 0.2) is 36.4 Å². The van der Waals surface area contributed by atoms with Crippen LogP contribution in [0.4, 0.5) is 0 Å². The Hall–Kier alpha value is -2.65. The molecule has 1 aliphatic heterocycles. The van der Waals surface area contributed by atoms with Crippen molar-refractivity contribution in [1.29, 1.82) is 0 Å². The van der Waals surface area contributed by atoms with Crippen LogP contribution in [0.2, 0.25) is 10.0 Å². The minimum Gasteiger partial charge on any atom is -0.478 e. The summed E-state index contributed by atoms with van der Waals surface area (Å²) in [7, 11) is 0. The summed E-state index contributed by atoms with van der Waals surface area (Å²) in [5.41, 5.74) is 1.90. The lowest BCUT2D eigenvalue weighted by molar-refractivity contribution is 0.0369. The molecule has 33 heavy (non-hydrogen) atoms. The third-order valence-electron chi connectivity index (χ3n) is 5.62. The van der Waals surface area contributed by atoms with Crippen molar-refractivity contribution >= 4 is 46.1 Å². The Bertz CT molecular complexity index is 1170. The number of nitrogens with zero attached hydrogens (tertiary/aromatic N) is 3. The van der Waals surface area contributed by atoms with Gasteiger partial charge >= 0.3 is 5.97 Å². The zero-order valence-electron chi connectivity index (χ0n) is 17.9. The number of aromatic nitrogens is 2. The van der Waals surface area contributed by atoms with Crippen LogP contribution in [0.25, 0.3) is 11.0 Å². The fourth-order valence-corrected chi connectivity index (χ4v) is 4.40. The van der Waals surface area contributed by atoms with Crippen LogP contribution in [0.5, 0.6) is 0 Å². The fourth-order valence-electron chi connectivity index (χ4n) is 3.90. The van der Waals surface area contributed by atoms with E-state index in [9.17, 15) is 14.7 Å². The van der Waals surface area contributed by atoms with Gasteiger partial charge in [0.05, 0.1) is 46.9 Å². The van der Waals surface area contributed by atoms with Gasteiger partial charge in [-0.2, -0.15) is 0 Å². The lowest BCUT2D eigenvalue weighted by Gasteiger charge is -2.26. The highest BCUT2D eigenvalue weighted by Gasteiger charge is 2.17. The lowest BCUT2D eigenvalue weighted by Crippen LogP contribution is -2.37. The average molecular weight is 491 g/mol. The number of amides is 1. The van der Waals surface area contributed by atoms with E-state index in [4.69, 9.17) is 27.9 Å². The van der Waals surface area contributed by atoms with Crippen LogP contribution in [-0.2, 0) is 17.8 Å². The van der Waals surface area contributed by atoms with Gasteiger partial charge in [-0.1, -0.05) is 23.2 Å². The summed E-state index contributed by atoms with van der Waals surface area (Å²) in [6.07, 6.45) is 0.885. The number of benzene rings is 2. The van der Waals surface area contributed by atoms with Gasteiger partial charge in [-0.3, -0.25) is 9.69 Å². The van der Waals surface area contributed by atoms with Crippen LogP contribution in [0.3, 0.4) is 0 Å². The van der Waals surface area contributed by atoms with Gasteiger partial charge in [0, 0.05) is 31.2 Å². The average Bonchev–Trinajstić information content (AvgIpc) is 3.15. The number of nitrogens with one attached hydrogen (secondary N) is 1. The summed E-state index contributed by atoms with van der Waals surface area (Å²) in [6.45, 7) is 5.10. The molecule has 3 aromatic rings. The number of hydrogen-bond acceptors (Lipinski definition) is 5. The number of fused-ring (bicyclic) bond motifs is 1. The molecule has 4 rings (SSSR count). The van der Waals surface area contributed by atoms with E-state index in [1.807, 2.05) is 4.57 Å². The number of aryl methyl sites for hydroxylation is 1. The second-order valence-corrected chi connectivity index (χ2v) is 8.65. The number of aromatic carboxylic acids is 1. The summed E-state index contributed by atoms with van der Waals surface area (Å²) in [4.78, 5) is 31.0. The van der Waals surface area contributed by atoms with E-state index < -0.39 is 5.97 Å². The first kappa shape index (κ1) is 23.5. The van der Waals surface area contributed by atoms with Crippen LogP contribution >= 0.6 is 23.2 Å². The Balaban J connectivity index is 1.53. The molecule has 0 bridgehead atoms. The van der Waals surface area contributed by atoms with Crippen LogP contribution in [0, 0.1) is 0 Å². The molecule has 2 N–H and O–H groups in total. The fraction of sp³-hybridized carbons (Fsp3) is 0.348. The van der Waals surface area contributed by atoms with E-state index in [-0.39, 0.29) is 23.0 Å². The molecule has 2 heterocycles. The Morgan fingerprint density at radius 3 is 2.61 bits per heavy atom. The topological polar surface area (TPSA) is 96.7 Å². The molecule has 1 aromatic heterocycles. The lowest BCUT2D eigenvalue weighted by atomic mass is 10.2. The molecule has 174 valence electrons. The number of carbonyl (C=O) groups is 2. The van der Waals surface area contributed by atoms with Crippen molar-refractivity contribution in [3.63, 3.8) is 0 Å². The van der Waals surface area contributed by atoms with E-state index in [0.717, 1.165) is 44.8 Å². The first-order chi connectivity index (χ1) is 15.9. The van der Waals surface area contributed by atoms with Crippen molar-refractivity contribution in [3.8, 4) is 0 Å². The third-order valence-corrected chi connectivity index (χ3v) is 6.16. The van der Waals surface area contributed by atoms with E-state index >= 15 is 0 Å². The van der Waals surface area contributed by atoms with Crippen LogP contribution in [0.1, 0.15) is 33.0 Å². The molecule has 0 aliphatic carbocycles. The minimum absolute atomic E-state index is 0.170. The molecule has 1 fully saturated rings. The third kappa shape index (κ3) is 5.65. The maximum Gasteiger partial charge on any atom is 0.335 e. The van der Waals surface area contributed by atoms with E-state index in [1.165, 1.54) is 6.07 Å². The molecule has 1 aliphatic rings. The number of carbonyl (C=O) groups excluding carboxylic acids is 1. The van der Waals surface area contributed by atoms with E-state index in [2.05, 4.69) is 15.2 Å². The number of imidazole rings is 1. The quantitative estimate of drug-likeness (QED) is 0.499. The molecular formula is C23H24Cl2N4O4. The molecule has 1 amide bonds. The van der Waals surface area contributed by atoms with Crippen molar-refractivity contribution < 1.29 is 19.4 Å². The van der Waals surface area contributed by atoms with Crippen molar-refractivity contribution in [1.82, 2.24) is 19.8 Å². The maximum absolute atomic E-state index is 12.7. The van der Waals surface area contributed by atoms with Gasteiger partial charge in [0.15, 0.2) is 0 Å². The SMILES string of the molecule is O=C(O)c1ccc2c(c1)nc(CNC(=O)c1ccc(Cl)cc1Cl)n2CCCN1CCOCC1. The number of hydrogen-bond donors (Lipinski definition) is 2. The Kier molecular flexibility index (Phi) is 7.49. The van der Waals surface area contributed by atoms with Gasteiger partial charge in [0.2, 0.25) is 0 Å². The number of morpholine rings is 1. The van der Waals surface area contributed by atoms with Gasteiger partial charge in [-0.05, 0) is 42.8 Å². The van der Waals surface area contributed by atoms with Crippen molar-refractivity contribution in [3.05, 3.63) is 63.4 Å². The molecular weight excluding hydrogens is 467 g/mol. The van der Waals surface area contributed by atoms with Gasteiger partial charge in [0.25, 0.3) is 5.91 Å². The number of carboxylic acids is 1. The summed E-state index contributed by atoms with van der Waals surface area (Å²) < 4.78 is 7.44. The summed E-state index contributed by atoms with van der Waals surface area (Å²) in [5.74, 6) is -0.700. The van der Waals surface area contributed by atoms with E-state index in [0.29, 0.717) is 28.5 Å². The normalized spacial score (nSPS) is 14.5. The second-order valence-electron chi connectivity index (χ2n) is 7.80. The minimum atomic E-state index is -1.01. The molecule has 2 aromatic carbocycles. The highest BCUT2D eigenvalue weighted by molar-refractivity contribution is 6.36. The second kappa shape index (κ2) is 10.5. The number of carboxylic acid groups (broad SMARTS) is 1. The van der Waals surface area contributed by atoms with Crippen molar-refractivity contribution in [2.45, 2.75) is 19.5 Å². The molecule has 8 nitrogen and oxygen atoms in total. The highest BCUT2D eigenvalue weighted by Crippen LogP contribution is 2.22. The van der Waals surface area contributed by atoms with Crippen molar-refractivity contribution in [2.75, 3.05) is 32.8 Å². The van der Waals surface area contributed by atoms with Crippen LogP contribution in [-0.4, -0.2) is 64.3 Å². The molecule has 0 spiro atoms. The zero-order valence-corrected chi connectivity index (χ0v) is 19.4. The van der Waals surface area contributed by atoms with Gasteiger partial charge in [-0.15, -0.1) is 0 Å². The van der Waals surface area contributed by atoms with Crippen molar-refractivity contribution in [2.24, 2.45) is 0 Å². The molecule has 10 heteroatoms. The van der Waals surface area contributed by atoms with Gasteiger partial charge in [-0.25, -0.2) is 9.78 Å². The van der Waals surface area contributed by atoms with Crippen LogP contribution < -0.4 is 5.32 Å². The van der Waals surface area contributed by atoms with E-state index in [1.54, 1.807) is 30.3 Å². The Labute approximate surface area is 201 Å². The monoisotopic (exact) mass is 490 g/mol. The molecule has 0 unspecified atom stereocenters. The first-order valence-electron chi connectivity index (χ1n) is 10.7.